The van der Waals surface area contributed by atoms with Crippen LogP contribution in [0, 0.1) is 18.8 Å². The molecule has 96 valence electrons. The molecular weight excluding hydrogens is 224 g/mol. The van der Waals surface area contributed by atoms with Crippen LogP contribution in [0.1, 0.15) is 31.2 Å². The Morgan fingerprint density at radius 2 is 2.28 bits per heavy atom. The van der Waals surface area contributed by atoms with E-state index in [1.54, 1.807) is 0 Å². The normalized spacial score (nSPS) is 33.6. The summed E-state index contributed by atoms with van der Waals surface area (Å²) in [7, 11) is 0. The van der Waals surface area contributed by atoms with Gasteiger partial charge in [-0.25, -0.2) is 0 Å². The maximum Gasteiger partial charge on any atom is 0.243 e. The lowest BCUT2D eigenvalue weighted by atomic mass is 9.80. The highest BCUT2D eigenvalue weighted by atomic mass is 16.1. The molecule has 0 saturated heterocycles. The van der Waals surface area contributed by atoms with Gasteiger partial charge in [0.1, 0.15) is 5.54 Å². The molecule has 1 aromatic carbocycles. The van der Waals surface area contributed by atoms with Crippen molar-refractivity contribution >= 4 is 11.6 Å². The number of fused-ring (bicyclic) bond motifs is 2. The lowest BCUT2D eigenvalue weighted by Crippen LogP contribution is -2.54. The van der Waals surface area contributed by atoms with Crippen LogP contribution in [0.15, 0.2) is 24.3 Å². The molecule has 0 spiro atoms. The first-order chi connectivity index (χ1) is 8.60. The van der Waals surface area contributed by atoms with Crippen molar-refractivity contribution in [2.24, 2.45) is 17.6 Å². The first-order valence-electron chi connectivity index (χ1n) is 6.75. The van der Waals surface area contributed by atoms with Crippen molar-refractivity contribution < 1.29 is 4.79 Å². The molecule has 0 aliphatic heterocycles. The molecule has 3 heteroatoms. The summed E-state index contributed by atoms with van der Waals surface area (Å²) < 4.78 is 0. The molecule has 0 aromatic heterocycles. The van der Waals surface area contributed by atoms with Gasteiger partial charge in [-0.05, 0) is 62.1 Å². The van der Waals surface area contributed by atoms with Gasteiger partial charge in [-0.2, -0.15) is 0 Å². The Kier molecular flexibility index (Phi) is 2.58. The highest BCUT2D eigenvalue weighted by Crippen LogP contribution is 2.51. The van der Waals surface area contributed by atoms with Crippen LogP contribution >= 0.6 is 0 Å². The number of aryl methyl sites for hydroxylation is 1. The Labute approximate surface area is 108 Å². The number of anilines is 1. The summed E-state index contributed by atoms with van der Waals surface area (Å²) in [6, 6.07) is 8.17. The zero-order valence-corrected chi connectivity index (χ0v) is 10.8. The summed E-state index contributed by atoms with van der Waals surface area (Å²) in [6.45, 7) is 2.06. The van der Waals surface area contributed by atoms with Gasteiger partial charge in [-0.3, -0.25) is 4.79 Å². The van der Waals surface area contributed by atoms with E-state index in [-0.39, 0.29) is 5.91 Å². The first kappa shape index (κ1) is 11.6. The fourth-order valence-corrected chi connectivity index (χ4v) is 3.83. The van der Waals surface area contributed by atoms with Crippen LogP contribution in [0.4, 0.5) is 5.69 Å². The van der Waals surface area contributed by atoms with Crippen LogP contribution in [0.25, 0.3) is 0 Å². The van der Waals surface area contributed by atoms with Gasteiger partial charge in [0.25, 0.3) is 0 Å². The molecule has 2 saturated carbocycles. The molecule has 2 aliphatic carbocycles. The number of nitrogens with two attached hydrogens (primary N) is 1. The standard InChI is InChI=1S/C15H20N2O/c1-10-3-2-4-13(7-10)17-15(14(16)18)9-11-5-6-12(15)8-11/h2-4,7,11-12,17H,5-6,8-9H2,1H3,(H2,16,18). The van der Waals surface area contributed by atoms with E-state index in [2.05, 4.69) is 24.4 Å². The zero-order valence-electron chi connectivity index (χ0n) is 10.8. The van der Waals surface area contributed by atoms with Gasteiger partial charge in [0, 0.05) is 5.69 Å². The van der Waals surface area contributed by atoms with Crippen molar-refractivity contribution in [1.82, 2.24) is 0 Å². The molecule has 3 nitrogen and oxygen atoms in total. The smallest absolute Gasteiger partial charge is 0.243 e. The molecule has 2 fully saturated rings. The van der Waals surface area contributed by atoms with Gasteiger partial charge in [-0.15, -0.1) is 0 Å². The number of amides is 1. The van der Waals surface area contributed by atoms with Crippen molar-refractivity contribution in [3.63, 3.8) is 0 Å². The van der Waals surface area contributed by atoms with E-state index in [9.17, 15) is 4.79 Å². The second-order valence-electron chi connectivity index (χ2n) is 5.91. The molecular formula is C15H20N2O. The van der Waals surface area contributed by atoms with E-state index < -0.39 is 5.54 Å². The Hall–Kier alpha value is -1.51. The summed E-state index contributed by atoms with van der Waals surface area (Å²) in [5.41, 5.74) is 7.41. The van der Waals surface area contributed by atoms with E-state index in [1.165, 1.54) is 12.0 Å². The predicted molar refractivity (Wildman–Crippen MR) is 72.2 cm³/mol. The molecule has 0 heterocycles. The number of carbonyl (C=O) groups is 1. The monoisotopic (exact) mass is 244 g/mol. The lowest BCUT2D eigenvalue weighted by molar-refractivity contribution is -0.123. The number of hydrogen-bond acceptors (Lipinski definition) is 2. The second kappa shape index (κ2) is 4.01. The Morgan fingerprint density at radius 3 is 2.83 bits per heavy atom. The number of hydrogen-bond donors (Lipinski definition) is 2. The minimum absolute atomic E-state index is 0.184. The van der Waals surface area contributed by atoms with Gasteiger partial charge in [0.2, 0.25) is 5.91 Å². The molecule has 3 atom stereocenters. The molecule has 2 aliphatic rings. The van der Waals surface area contributed by atoms with Crippen LogP contribution in [0.2, 0.25) is 0 Å². The molecule has 3 rings (SSSR count). The molecule has 18 heavy (non-hydrogen) atoms. The molecule has 2 bridgehead atoms. The Balaban J connectivity index is 1.90. The van der Waals surface area contributed by atoms with Gasteiger partial charge in [0.05, 0.1) is 0 Å². The minimum Gasteiger partial charge on any atom is -0.371 e. The largest absolute Gasteiger partial charge is 0.371 e. The van der Waals surface area contributed by atoms with Crippen molar-refractivity contribution in [2.75, 3.05) is 5.32 Å². The Morgan fingerprint density at radius 1 is 1.44 bits per heavy atom. The molecule has 3 N–H and O–H groups in total. The summed E-state index contributed by atoms with van der Waals surface area (Å²) in [5.74, 6) is 0.913. The van der Waals surface area contributed by atoms with Crippen LogP contribution in [0.3, 0.4) is 0 Å². The fraction of sp³-hybridized carbons (Fsp3) is 0.533. The van der Waals surface area contributed by atoms with Gasteiger partial charge in [-0.1, -0.05) is 12.1 Å². The Bertz CT molecular complexity index is 485. The van der Waals surface area contributed by atoms with E-state index in [0.29, 0.717) is 11.8 Å². The zero-order chi connectivity index (χ0) is 12.8. The van der Waals surface area contributed by atoms with Gasteiger partial charge in [0.15, 0.2) is 0 Å². The van der Waals surface area contributed by atoms with Crippen molar-refractivity contribution in [3.05, 3.63) is 29.8 Å². The average molecular weight is 244 g/mol. The number of nitrogens with one attached hydrogen (secondary N) is 1. The number of primary amides is 1. The number of benzene rings is 1. The first-order valence-corrected chi connectivity index (χ1v) is 6.75. The molecule has 1 amide bonds. The summed E-state index contributed by atoms with van der Waals surface area (Å²) in [6.07, 6.45) is 4.45. The van der Waals surface area contributed by atoms with Crippen molar-refractivity contribution in [3.8, 4) is 0 Å². The highest BCUT2D eigenvalue weighted by Gasteiger charge is 2.54. The fourth-order valence-electron chi connectivity index (χ4n) is 3.83. The third-order valence-corrected chi connectivity index (χ3v) is 4.67. The third kappa shape index (κ3) is 1.69. The van der Waals surface area contributed by atoms with E-state index in [4.69, 9.17) is 5.73 Å². The van der Waals surface area contributed by atoms with Gasteiger partial charge >= 0.3 is 0 Å². The van der Waals surface area contributed by atoms with Crippen molar-refractivity contribution in [1.29, 1.82) is 0 Å². The molecule has 1 aromatic rings. The maximum absolute atomic E-state index is 12.0. The SMILES string of the molecule is Cc1cccc(NC2(C(N)=O)CC3CCC2C3)c1. The van der Waals surface area contributed by atoms with Crippen LogP contribution in [-0.2, 0) is 4.79 Å². The summed E-state index contributed by atoms with van der Waals surface area (Å²) in [4.78, 5) is 12.0. The average Bonchev–Trinajstić information content (AvgIpc) is 2.89. The van der Waals surface area contributed by atoms with Crippen LogP contribution in [-0.4, -0.2) is 11.4 Å². The summed E-state index contributed by atoms with van der Waals surface area (Å²) in [5, 5.41) is 3.45. The van der Waals surface area contributed by atoms with Crippen LogP contribution < -0.4 is 11.1 Å². The van der Waals surface area contributed by atoms with E-state index >= 15 is 0 Å². The topological polar surface area (TPSA) is 55.1 Å². The van der Waals surface area contributed by atoms with E-state index in [0.717, 1.165) is 24.9 Å². The van der Waals surface area contributed by atoms with Crippen molar-refractivity contribution in [2.45, 2.75) is 38.1 Å². The quantitative estimate of drug-likeness (QED) is 0.858. The third-order valence-electron chi connectivity index (χ3n) is 4.67. The number of carbonyl (C=O) groups excluding carboxylic acids is 1. The maximum atomic E-state index is 12.0. The molecule has 3 unspecified atom stereocenters. The minimum atomic E-state index is -0.503. The molecule has 0 radical (unpaired) electrons. The summed E-state index contributed by atoms with van der Waals surface area (Å²) >= 11 is 0. The van der Waals surface area contributed by atoms with Gasteiger partial charge < -0.3 is 11.1 Å². The predicted octanol–water partition coefficient (Wildman–Crippen LogP) is 2.45. The highest BCUT2D eigenvalue weighted by molar-refractivity contribution is 5.89. The van der Waals surface area contributed by atoms with Crippen LogP contribution in [0.5, 0.6) is 0 Å². The lowest BCUT2D eigenvalue weighted by Gasteiger charge is -2.36. The second-order valence-corrected chi connectivity index (χ2v) is 5.91. The van der Waals surface area contributed by atoms with E-state index in [1.807, 2.05) is 12.1 Å². The number of rotatable bonds is 3.